The van der Waals surface area contributed by atoms with Crippen molar-refractivity contribution in [3.63, 3.8) is 0 Å². The lowest BCUT2D eigenvalue weighted by Crippen LogP contribution is -2.44. The number of morpholine rings is 1. The van der Waals surface area contributed by atoms with Gasteiger partial charge in [0.05, 0.1) is 29.8 Å². The number of carbonyl (C=O) groups excluding carboxylic acids is 1. The predicted molar refractivity (Wildman–Crippen MR) is 149 cm³/mol. The zero-order chi connectivity index (χ0) is 26.9. The van der Waals surface area contributed by atoms with Crippen LogP contribution in [0.3, 0.4) is 0 Å². The van der Waals surface area contributed by atoms with Crippen molar-refractivity contribution in [2.24, 2.45) is 0 Å². The maximum Gasteiger partial charge on any atom is 0.319 e. The van der Waals surface area contributed by atoms with E-state index < -0.39 is 15.3 Å². The Hall–Kier alpha value is -3.25. The van der Waals surface area contributed by atoms with Gasteiger partial charge in [0.2, 0.25) is 0 Å². The van der Waals surface area contributed by atoms with Crippen LogP contribution in [0.4, 0.5) is 16.3 Å². The Morgan fingerprint density at radius 1 is 1.13 bits per heavy atom. The number of pyridine rings is 1. The number of nitrogens with one attached hydrogen (secondary N) is 2. The summed E-state index contributed by atoms with van der Waals surface area (Å²) in [6.45, 7) is 7.74. The number of amides is 2. The monoisotopic (exact) mass is 538 g/mol. The molecule has 10 nitrogen and oxygen atoms in total. The van der Waals surface area contributed by atoms with Gasteiger partial charge >= 0.3 is 6.03 Å². The molecular formula is C27H34N6O4S. The maximum absolute atomic E-state index is 12.1. The molecule has 1 aliphatic carbocycles. The molecule has 202 valence electrons. The van der Waals surface area contributed by atoms with Crippen molar-refractivity contribution < 1.29 is 18.6 Å². The van der Waals surface area contributed by atoms with Gasteiger partial charge in [0.25, 0.3) is 0 Å². The van der Waals surface area contributed by atoms with Gasteiger partial charge in [0.1, 0.15) is 10.6 Å². The molecule has 38 heavy (non-hydrogen) atoms. The molecule has 0 radical (unpaired) electrons. The van der Waals surface area contributed by atoms with Gasteiger partial charge in [0.15, 0.2) is 5.82 Å². The van der Waals surface area contributed by atoms with E-state index in [0.717, 1.165) is 11.4 Å². The zero-order valence-electron chi connectivity index (χ0n) is 21.8. The molecule has 4 N–H and O–H groups in total. The van der Waals surface area contributed by atoms with Crippen molar-refractivity contribution in [2.45, 2.75) is 55.3 Å². The third kappa shape index (κ3) is 5.19. The highest BCUT2D eigenvalue weighted by Gasteiger charge is 2.57. The molecule has 11 heteroatoms. The van der Waals surface area contributed by atoms with Crippen LogP contribution in [0.5, 0.6) is 0 Å². The van der Waals surface area contributed by atoms with Gasteiger partial charge in [-0.1, -0.05) is 0 Å². The quantitative estimate of drug-likeness (QED) is 0.327. The summed E-state index contributed by atoms with van der Waals surface area (Å²) >= 11 is 0. The summed E-state index contributed by atoms with van der Waals surface area (Å²) in [5.41, 5.74) is 2.03. The first-order chi connectivity index (χ1) is 18.2. The number of urea groups is 1. The van der Waals surface area contributed by atoms with Gasteiger partial charge in [0, 0.05) is 42.3 Å². The van der Waals surface area contributed by atoms with E-state index in [1.54, 1.807) is 36.7 Å². The molecule has 2 amide bonds. The molecule has 5 rings (SSSR count). The van der Waals surface area contributed by atoms with Crippen molar-refractivity contribution >= 4 is 28.1 Å². The van der Waals surface area contributed by atoms with Crippen molar-refractivity contribution in [1.29, 1.82) is 0 Å². The van der Waals surface area contributed by atoms with E-state index in [4.69, 9.17) is 14.7 Å². The Kier molecular flexibility index (Phi) is 7.28. The second-order valence-corrected chi connectivity index (χ2v) is 12.5. The normalized spacial score (nSPS) is 19.2. The first-order valence-corrected chi connectivity index (χ1v) is 14.3. The largest absolute Gasteiger partial charge is 0.377 e. The maximum atomic E-state index is 12.1. The Morgan fingerprint density at radius 3 is 2.47 bits per heavy atom. The Morgan fingerprint density at radius 2 is 1.84 bits per heavy atom. The van der Waals surface area contributed by atoms with E-state index >= 15 is 0 Å². The van der Waals surface area contributed by atoms with E-state index in [0.29, 0.717) is 54.7 Å². The molecule has 1 aromatic carbocycles. The highest BCUT2D eigenvalue weighted by atomic mass is 32.3. The third-order valence-electron chi connectivity index (χ3n) is 6.89. The van der Waals surface area contributed by atoms with Crippen molar-refractivity contribution in [1.82, 2.24) is 20.3 Å². The number of hydrogen-bond acceptors (Lipinski definition) is 8. The van der Waals surface area contributed by atoms with E-state index in [9.17, 15) is 13.9 Å². The number of aromatic nitrogens is 3. The average molecular weight is 539 g/mol. The summed E-state index contributed by atoms with van der Waals surface area (Å²) < 4.78 is 27.7. The fourth-order valence-corrected chi connectivity index (χ4v) is 6.72. The molecule has 0 spiro atoms. The number of benzene rings is 1. The van der Waals surface area contributed by atoms with Gasteiger partial charge in [-0.15, -0.1) is 0 Å². The molecule has 2 aliphatic rings. The van der Waals surface area contributed by atoms with Gasteiger partial charge in [-0.3, -0.25) is 14.1 Å². The molecule has 2 fully saturated rings. The molecule has 1 aliphatic heterocycles. The summed E-state index contributed by atoms with van der Waals surface area (Å²) in [5, 5.41) is 5.63. The standard InChI is InChI=1S/C27H34N6O4S/c1-18(2)29-26(34)30-21-6-4-20(5-7-21)25-31-23(16-24(32-25)33-14-15-37-17-19(33)3)27(10-11-27)38(35,36)22-8-12-28-13-9-22/h4-9,12-13,16,18-19,35-36H,10-11,14-15,17H2,1-3H3,(H2,29,30,34)/t19-/m0/s1. The highest BCUT2D eigenvalue weighted by molar-refractivity contribution is 8.25. The van der Waals surface area contributed by atoms with Crippen LogP contribution in [-0.4, -0.2) is 61.9 Å². The first kappa shape index (κ1) is 26.4. The van der Waals surface area contributed by atoms with Gasteiger partial charge in [-0.05, 0) is 70.0 Å². The van der Waals surface area contributed by atoms with Crippen LogP contribution in [0.15, 0.2) is 59.8 Å². The van der Waals surface area contributed by atoms with E-state index in [1.807, 2.05) is 32.0 Å². The van der Waals surface area contributed by atoms with Crippen LogP contribution < -0.4 is 15.5 Å². The van der Waals surface area contributed by atoms with Crippen LogP contribution in [-0.2, 0) is 9.48 Å². The number of ether oxygens (including phenoxy) is 1. The minimum absolute atomic E-state index is 0.0283. The van der Waals surface area contributed by atoms with Crippen LogP contribution >= 0.6 is 10.6 Å². The Balaban J connectivity index is 1.53. The molecule has 1 atom stereocenters. The molecule has 3 heterocycles. The number of rotatable bonds is 7. The van der Waals surface area contributed by atoms with Gasteiger partial charge < -0.3 is 20.3 Å². The Labute approximate surface area is 224 Å². The summed E-state index contributed by atoms with van der Waals surface area (Å²) in [5.74, 6) is 1.22. The number of anilines is 2. The fourth-order valence-electron chi connectivity index (χ4n) is 4.70. The average Bonchev–Trinajstić information content (AvgIpc) is 3.72. The summed E-state index contributed by atoms with van der Waals surface area (Å²) in [4.78, 5) is 28.6. The Bertz CT molecular complexity index is 1280. The van der Waals surface area contributed by atoms with Gasteiger partial charge in [-0.25, -0.2) is 14.8 Å². The molecule has 1 saturated heterocycles. The number of nitrogens with zero attached hydrogens (tertiary/aromatic N) is 4. The molecular weight excluding hydrogens is 504 g/mol. The lowest BCUT2D eigenvalue weighted by atomic mass is 10.1. The second kappa shape index (κ2) is 10.5. The SMILES string of the molecule is CC(C)NC(=O)Nc1ccc(-c2nc(N3CCOC[C@@H]3C)cc(C3(S(O)(O)c4ccncc4)CC3)n2)cc1. The smallest absolute Gasteiger partial charge is 0.319 e. The molecule has 0 bridgehead atoms. The second-order valence-electron chi connectivity index (χ2n) is 10.1. The third-order valence-corrected chi connectivity index (χ3v) is 9.53. The predicted octanol–water partition coefficient (Wildman–Crippen LogP) is 5.09. The van der Waals surface area contributed by atoms with Crippen molar-refractivity contribution in [3.05, 3.63) is 60.6 Å². The number of carbonyl (C=O) groups is 1. The topological polar surface area (TPSA) is 133 Å². The molecule has 0 unspecified atom stereocenters. The zero-order valence-corrected chi connectivity index (χ0v) is 22.6. The summed E-state index contributed by atoms with van der Waals surface area (Å²) in [6, 6.07) is 12.4. The minimum atomic E-state index is -3.20. The highest BCUT2D eigenvalue weighted by Crippen LogP contribution is 2.75. The number of hydrogen-bond donors (Lipinski definition) is 4. The molecule has 2 aromatic heterocycles. The van der Waals surface area contributed by atoms with Gasteiger partial charge in [-0.2, -0.15) is 10.6 Å². The van der Waals surface area contributed by atoms with E-state index in [1.165, 1.54) is 0 Å². The van der Waals surface area contributed by atoms with Crippen molar-refractivity contribution in [3.8, 4) is 11.4 Å². The molecule has 1 saturated carbocycles. The van der Waals surface area contributed by atoms with Crippen molar-refractivity contribution in [2.75, 3.05) is 30.0 Å². The minimum Gasteiger partial charge on any atom is -0.377 e. The summed E-state index contributed by atoms with van der Waals surface area (Å²) in [7, 11) is -3.20. The van der Waals surface area contributed by atoms with Crippen LogP contribution in [0.1, 0.15) is 39.3 Å². The van der Waals surface area contributed by atoms with E-state index in [-0.39, 0.29) is 18.1 Å². The fraction of sp³-hybridized carbons (Fsp3) is 0.407. The lowest BCUT2D eigenvalue weighted by molar-refractivity contribution is 0.0985. The molecule has 3 aromatic rings. The van der Waals surface area contributed by atoms with Crippen LogP contribution in [0.2, 0.25) is 0 Å². The summed E-state index contributed by atoms with van der Waals surface area (Å²) in [6.07, 6.45) is 4.37. The lowest BCUT2D eigenvalue weighted by Gasteiger charge is -2.41. The van der Waals surface area contributed by atoms with Crippen LogP contribution in [0.25, 0.3) is 11.4 Å². The van der Waals surface area contributed by atoms with Crippen LogP contribution in [0, 0.1) is 0 Å². The van der Waals surface area contributed by atoms with E-state index in [2.05, 4.69) is 27.4 Å². The first-order valence-electron chi connectivity index (χ1n) is 12.8.